The molecular formula is C13H23NO2. The average molecular weight is 225 g/mol. The zero-order valence-electron chi connectivity index (χ0n) is 10.4. The maximum absolute atomic E-state index is 11.4. The van der Waals surface area contributed by atoms with E-state index in [2.05, 4.69) is 11.8 Å². The molecule has 0 spiro atoms. The Labute approximate surface area is 98.1 Å². The van der Waals surface area contributed by atoms with Crippen molar-refractivity contribution in [3.63, 3.8) is 0 Å². The number of carbonyl (C=O) groups is 1. The van der Waals surface area contributed by atoms with E-state index in [1.807, 2.05) is 0 Å². The Kier molecular flexibility index (Phi) is 3.85. The van der Waals surface area contributed by atoms with E-state index < -0.39 is 0 Å². The van der Waals surface area contributed by atoms with Crippen molar-refractivity contribution in [3.8, 4) is 0 Å². The molecule has 1 aliphatic carbocycles. The molecular weight excluding hydrogens is 202 g/mol. The first-order valence-corrected chi connectivity index (χ1v) is 6.52. The van der Waals surface area contributed by atoms with Crippen molar-refractivity contribution in [3.05, 3.63) is 0 Å². The molecule has 2 aliphatic rings. The van der Waals surface area contributed by atoms with Crippen molar-refractivity contribution >= 4 is 5.97 Å². The van der Waals surface area contributed by atoms with Gasteiger partial charge in [0.2, 0.25) is 0 Å². The molecule has 2 rings (SSSR count). The molecule has 0 bridgehead atoms. The molecule has 0 aromatic heterocycles. The number of rotatable bonds is 2. The zero-order chi connectivity index (χ0) is 11.5. The lowest BCUT2D eigenvalue weighted by Crippen LogP contribution is -2.37. The first-order chi connectivity index (χ1) is 7.70. The minimum atomic E-state index is -0.00626. The highest BCUT2D eigenvalue weighted by Crippen LogP contribution is 2.31. The lowest BCUT2D eigenvalue weighted by Gasteiger charge is -2.33. The van der Waals surface area contributed by atoms with E-state index in [1.54, 1.807) is 0 Å². The molecule has 0 radical (unpaired) electrons. The predicted molar refractivity (Wildman–Crippen MR) is 63.1 cm³/mol. The molecule has 0 amide bonds. The van der Waals surface area contributed by atoms with Crippen LogP contribution in [0.25, 0.3) is 0 Å². The summed E-state index contributed by atoms with van der Waals surface area (Å²) in [6.45, 7) is 4.85. The summed E-state index contributed by atoms with van der Waals surface area (Å²) in [5.74, 6) is 1.02. The molecule has 3 nitrogen and oxygen atoms in total. The van der Waals surface area contributed by atoms with Gasteiger partial charge in [0.25, 0.3) is 0 Å². The van der Waals surface area contributed by atoms with Gasteiger partial charge in [0, 0.05) is 12.6 Å². The number of esters is 1. The topological polar surface area (TPSA) is 29.5 Å². The average Bonchev–Trinajstić information content (AvgIpc) is 2.75. The van der Waals surface area contributed by atoms with Crippen LogP contribution < -0.4 is 0 Å². The number of carbonyl (C=O) groups excluding carboxylic acids is 1. The molecule has 16 heavy (non-hydrogen) atoms. The van der Waals surface area contributed by atoms with E-state index in [0.29, 0.717) is 0 Å². The van der Waals surface area contributed by atoms with E-state index in [0.717, 1.165) is 24.8 Å². The van der Waals surface area contributed by atoms with E-state index in [4.69, 9.17) is 4.74 Å². The molecule has 1 unspecified atom stereocenters. The number of hydrogen-bond acceptors (Lipinski definition) is 3. The van der Waals surface area contributed by atoms with Gasteiger partial charge < -0.3 is 9.64 Å². The second-order valence-corrected chi connectivity index (χ2v) is 5.42. The van der Waals surface area contributed by atoms with Gasteiger partial charge in [-0.05, 0) is 44.6 Å². The molecule has 1 atom stereocenters. The van der Waals surface area contributed by atoms with Crippen LogP contribution in [0.2, 0.25) is 0 Å². The van der Waals surface area contributed by atoms with E-state index in [9.17, 15) is 4.79 Å². The molecule has 1 saturated carbocycles. The highest BCUT2D eigenvalue weighted by atomic mass is 16.5. The Morgan fingerprint density at radius 1 is 1.19 bits per heavy atom. The summed E-state index contributed by atoms with van der Waals surface area (Å²) in [7, 11) is 1.50. The summed E-state index contributed by atoms with van der Waals surface area (Å²) in [5.41, 5.74) is 0. The van der Waals surface area contributed by atoms with Crippen LogP contribution in [-0.4, -0.2) is 37.1 Å². The zero-order valence-corrected chi connectivity index (χ0v) is 10.4. The molecule has 2 fully saturated rings. The molecule has 3 heteroatoms. The summed E-state index contributed by atoms with van der Waals surface area (Å²) < 4.78 is 4.81. The number of methoxy groups -OCH3 is 1. The summed E-state index contributed by atoms with van der Waals surface area (Å²) in [4.78, 5) is 14.0. The second kappa shape index (κ2) is 5.17. The fraction of sp³-hybridized carbons (Fsp3) is 0.923. The molecule has 92 valence electrons. The number of hydrogen-bond donors (Lipinski definition) is 0. The summed E-state index contributed by atoms with van der Waals surface area (Å²) in [6, 6.07) is 0.728. The van der Waals surface area contributed by atoms with Gasteiger partial charge in [-0.15, -0.1) is 0 Å². The lowest BCUT2D eigenvalue weighted by atomic mass is 9.85. The van der Waals surface area contributed by atoms with Gasteiger partial charge in [-0.3, -0.25) is 4.79 Å². The van der Waals surface area contributed by atoms with Gasteiger partial charge in [0.15, 0.2) is 0 Å². The van der Waals surface area contributed by atoms with E-state index >= 15 is 0 Å². The smallest absolute Gasteiger partial charge is 0.308 e. The molecule has 1 heterocycles. The van der Waals surface area contributed by atoms with Crippen molar-refractivity contribution < 1.29 is 9.53 Å². The standard InChI is InChI=1S/C13H23NO2/c1-10-7-8-14(9-10)12-5-3-11(4-6-12)13(15)16-2/h10-12H,3-9H2,1-2H3. The predicted octanol–water partition coefficient (Wildman–Crippen LogP) is 2.06. The summed E-state index contributed by atoms with van der Waals surface area (Å²) >= 11 is 0. The minimum absolute atomic E-state index is 0.00626. The second-order valence-electron chi connectivity index (χ2n) is 5.42. The van der Waals surface area contributed by atoms with Gasteiger partial charge >= 0.3 is 5.97 Å². The largest absolute Gasteiger partial charge is 0.469 e. The van der Waals surface area contributed by atoms with E-state index in [1.165, 1.54) is 39.5 Å². The van der Waals surface area contributed by atoms with Crippen LogP contribution in [0.15, 0.2) is 0 Å². The summed E-state index contributed by atoms with van der Waals surface area (Å²) in [5, 5.41) is 0. The molecule has 0 aromatic rings. The van der Waals surface area contributed by atoms with Gasteiger partial charge in [0.1, 0.15) is 0 Å². The first-order valence-electron chi connectivity index (χ1n) is 6.52. The van der Waals surface area contributed by atoms with Crippen LogP contribution in [0.5, 0.6) is 0 Å². The number of ether oxygens (including phenoxy) is 1. The maximum Gasteiger partial charge on any atom is 0.308 e. The van der Waals surface area contributed by atoms with Crippen molar-refractivity contribution in [1.29, 1.82) is 0 Å². The Balaban J connectivity index is 1.79. The molecule has 1 aliphatic heterocycles. The summed E-state index contributed by atoms with van der Waals surface area (Å²) in [6.07, 6.45) is 5.72. The Bertz CT molecular complexity index is 246. The van der Waals surface area contributed by atoms with Crippen molar-refractivity contribution in [2.24, 2.45) is 11.8 Å². The van der Waals surface area contributed by atoms with Crippen LogP contribution >= 0.6 is 0 Å². The van der Waals surface area contributed by atoms with Crippen LogP contribution in [-0.2, 0) is 9.53 Å². The molecule has 0 aromatic carbocycles. The van der Waals surface area contributed by atoms with Crippen molar-refractivity contribution in [1.82, 2.24) is 4.90 Å². The van der Waals surface area contributed by atoms with Gasteiger partial charge in [-0.2, -0.15) is 0 Å². The first kappa shape index (κ1) is 11.9. The Hall–Kier alpha value is -0.570. The maximum atomic E-state index is 11.4. The third kappa shape index (κ3) is 2.57. The fourth-order valence-corrected chi connectivity index (χ4v) is 3.14. The quantitative estimate of drug-likeness (QED) is 0.674. The van der Waals surface area contributed by atoms with Crippen LogP contribution in [0, 0.1) is 11.8 Å². The van der Waals surface area contributed by atoms with Gasteiger partial charge in [-0.25, -0.2) is 0 Å². The fourth-order valence-electron chi connectivity index (χ4n) is 3.14. The third-order valence-corrected chi connectivity index (χ3v) is 4.20. The van der Waals surface area contributed by atoms with Crippen molar-refractivity contribution in [2.75, 3.05) is 20.2 Å². The minimum Gasteiger partial charge on any atom is -0.469 e. The van der Waals surface area contributed by atoms with Gasteiger partial charge in [-0.1, -0.05) is 6.92 Å². The van der Waals surface area contributed by atoms with Crippen molar-refractivity contribution in [2.45, 2.75) is 45.1 Å². The van der Waals surface area contributed by atoms with E-state index in [-0.39, 0.29) is 11.9 Å². The third-order valence-electron chi connectivity index (χ3n) is 4.20. The molecule has 1 saturated heterocycles. The monoisotopic (exact) mass is 225 g/mol. The van der Waals surface area contributed by atoms with Gasteiger partial charge in [0.05, 0.1) is 13.0 Å². The SMILES string of the molecule is COC(=O)C1CCC(N2CCC(C)C2)CC1. The normalized spacial score (nSPS) is 36.2. The van der Waals surface area contributed by atoms with Crippen LogP contribution in [0.4, 0.5) is 0 Å². The van der Waals surface area contributed by atoms with Crippen LogP contribution in [0.3, 0.4) is 0 Å². The Morgan fingerprint density at radius 3 is 2.38 bits per heavy atom. The highest BCUT2D eigenvalue weighted by Gasteiger charge is 2.32. The molecule has 0 N–H and O–H groups in total. The lowest BCUT2D eigenvalue weighted by molar-refractivity contribution is -0.146. The van der Waals surface area contributed by atoms with Crippen LogP contribution in [0.1, 0.15) is 39.0 Å². The number of nitrogens with zero attached hydrogens (tertiary/aromatic N) is 1. The Morgan fingerprint density at radius 2 is 1.88 bits per heavy atom. The highest BCUT2D eigenvalue weighted by molar-refractivity contribution is 5.72. The number of likely N-dealkylation sites (tertiary alicyclic amines) is 1.